The van der Waals surface area contributed by atoms with E-state index in [9.17, 15) is 4.79 Å². The summed E-state index contributed by atoms with van der Waals surface area (Å²) in [5.74, 6) is 1.34. The number of carbonyl (C=O) groups excluding carboxylic acids is 1. The zero-order valence-electron chi connectivity index (χ0n) is 12.6. The van der Waals surface area contributed by atoms with Gasteiger partial charge in [-0.1, -0.05) is 0 Å². The predicted octanol–water partition coefficient (Wildman–Crippen LogP) is 2.04. The highest BCUT2D eigenvalue weighted by Gasteiger charge is 2.16. The van der Waals surface area contributed by atoms with Crippen LogP contribution in [0.4, 0.5) is 0 Å². The van der Waals surface area contributed by atoms with Crippen LogP contribution in [-0.4, -0.2) is 35.2 Å². The lowest BCUT2D eigenvalue weighted by atomic mass is 10.0. The monoisotopic (exact) mass is 287 g/mol. The third kappa shape index (κ3) is 2.93. The van der Waals surface area contributed by atoms with Crippen molar-refractivity contribution < 1.29 is 9.53 Å². The highest BCUT2D eigenvalue weighted by atomic mass is 16.5. The number of aryl methyl sites for hydroxylation is 2. The number of benzene rings is 1. The van der Waals surface area contributed by atoms with Crippen LogP contribution in [0, 0.1) is 12.8 Å². The number of aromatic nitrogens is 2. The van der Waals surface area contributed by atoms with Gasteiger partial charge in [0.1, 0.15) is 5.82 Å². The summed E-state index contributed by atoms with van der Waals surface area (Å²) in [4.78, 5) is 16.7. The molecule has 0 spiro atoms. The molecule has 1 unspecified atom stereocenters. The molecule has 3 rings (SSSR count). The van der Waals surface area contributed by atoms with Crippen molar-refractivity contribution in [2.24, 2.45) is 13.0 Å². The molecule has 5 heteroatoms. The number of amides is 1. The number of nitrogens with zero attached hydrogens (tertiary/aromatic N) is 2. The lowest BCUT2D eigenvalue weighted by Gasteiger charge is -2.22. The Bertz CT molecular complexity index is 657. The lowest BCUT2D eigenvalue weighted by molar-refractivity contribution is 0.0536. The van der Waals surface area contributed by atoms with E-state index in [2.05, 4.69) is 10.3 Å². The number of nitrogens with one attached hydrogen (secondary N) is 1. The van der Waals surface area contributed by atoms with Gasteiger partial charge in [-0.05, 0) is 43.9 Å². The average Bonchev–Trinajstić information content (AvgIpc) is 2.80. The summed E-state index contributed by atoms with van der Waals surface area (Å²) in [6.45, 7) is 4.24. The number of ether oxygens (including phenoxy) is 1. The smallest absolute Gasteiger partial charge is 0.251 e. The number of hydrogen-bond donors (Lipinski definition) is 1. The fraction of sp³-hybridized carbons (Fsp3) is 0.500. The number of hydrogen-bond acceptors (Lipinski definition) is 3. The molecule has 21 heavy (non-hydrogen) atoms. The second-order valence-corrected chi connectivity index (χ2v) is 5.71. The van der Waals surface area contributed by atoms with E-state index in [0.717, 1.165) is 42.9 Å². The molecule has 1 aliphatic rings. The van der Waals surface area contributed by atoms with Gasteiger partial charge in [0.15, 0.2) is 0 Å². The van der Waals surface area contributed by atoms with Crippen molar-refractivity contribution >= 4 is 16.9 Å². The van der Waals surface area contributed by atoms with Crippen molar-refractivity contribution in [3.63, 3.8) is 0 Å². The minimum absolute atomic E-state index is 0.0363. The first-order valence-corrected chi connectivity index (χ1v) is 7.44. The Balaban J connectivity index is 1.69. The molecular weight excluding hydrogens is 266 g/mol. The minimum atomic E-state index is -0.0363. The van der Waals surface area contributed by atoms with Crippen LogP contribution < -0.4 is 5.32 Å². The maximum Gasteiger partial charge on any atom is 0.251 e. The molecule has 1 aliphatic heterocycles. The molecule has 1 N–H and O–H groups in total. The molecule has 1 saturated heterocycles. The van der Waals surface area contributed by atoms with E-state index in [1.807, 2.05) is 36.7 Å². The molecule has 2 heterocycles. The van der Waals surface area contributed by atoms with Crippen LogP contribution in [-0.2, 0) is 11.8 Å². The number of rotatable bonds is 3. The van der Waals surface area contributed by atoms with E-state index in [0.29, 0.717) is 18.0 Å². The van der Waals surface area contributed by atoms with Crippen LogP contribution in [0.5, 0.6) is 0 Å². The van der Waals surface area contributed by atoms with Gasteiger partial charge in [0.2, 0.25) is 0 Å². The third-order valence-electron chi connectivity index (χ3n) is 4.17. The van der Waals surface area contributed by atoms with Crippen molar-refractivity contribution in [1.29, 1.82) is 0 Å². The first kappa shape index (κ1) is 14.1. The summed E-state index contributed by atoms with van der Waals surface area (Å²) >= 11 is 0. The predicted molar refractivity (Wildman–Crippen MR) is 81.3 cm³/mol. The van der Waals surface area contributed by atoms with Gasteiger partial charge in [0, 0.05) is 25.8 Å². The van der Waals surface area contributed by atoms with Crippen molar-refractivity contribution in [3.8, 4) is 0 Å². The van der Waals surface area contributed by atoms with Crippen LogP contribution in [0.3, 0.4) is 0 Å². The lowest BCUT2D eigenvalue weighted by Crippen LogP contribution is -2.33. The Labute approximate surface area is 124 Å². The Kier molecular flexibility index (Phi) is 3.92. The van der Waals surface area contributed by atoms with E-state index in [1.54, 1.807) is 0 Å². The summed E-state index contributed by atoms with van der Waals surface area (Å²) in [6.07, 6.45) is 2.21. The molecule has 112 valence electrons. The standard InChI is InChI=1S/C16H21N3O2/c1-11-18-14-8-13(5-6-15(14)19(11)2)16(20)17-9-12-4-3-7-21-10-12/h5-6,8,12H,3-4,7,9-10H2,1-2H3,(H,17,20). The molecule has 1 amide bonds. The topological polar surface area (TPSA) is 56.1 Å². The molecule has 1 aromatic carbocycles. The van der Waals surface area contributed by atoms with Crippen LogP contribution in [0.15, 0.2) is 18.2 Å². The fourth-order valence-corrected chi connectivity index (χ4v) is 2.77. The van der Waals surface area contributed by atoms with Gasteiger partial charge >= 0.3 is 0 Å². The van der Waals surface area contributed by atoms with Crippen molar-refractivity contribution in [2.75, 3.05) is 19.8 Å². The van der Waals surface area contributed by atoms with E-state index in [1.165, 1.54) is 0 Å². The Hall–Kier alpha value is -1.88. The van der Waals surface area contributed by atoms with Gasteiger partial charge in [-0.2, -0.15) is 0 Å². The van der Waals surface area contributed by atoms with Gasteiger partial charge in [0.25, 0.3) is 5.91 Å². The van der Waals surface area contributed by atoms with Crippen molar-refractivity contribution in [3.05, 3.63) is 29.6 Å². The fourth-order valence-electron chi connectivity index (χ4n) is 2.77. The SMILES string of the molecule is Cc1nc2cc(C(=O)NCC3CCCOC3)ccc2n1C. The van der Waals surface area contributed by atoms with Crippen LogP contribution in [0.2, 0.25) is 0 Å². The highest BCUT2D eigenvalue weighted by Crippen LogP contribution is 2.17. The molecule has 0 bridgehead atoms. The number of carbonyl (C=O) groups is 1. The largest absolute Gasteiger partial charge is 0.381 e. The van der Waals surface area contributed by atoms with Crippen molar-refractivity contribution in [1.82, 2.24) is 14.9 Å². The molecule has 1 aromatic heterocycles. The molecule has 1 fully saturated rings. The average molecular weight is 287 g/mol. The zero-order valence-corrected chi connectivity index (χ0v) is 12.6. The molecule has 2 aromatic rings. The Morgan fingerprint density at radius 2 is 2.38 bits per heavy atom. The van der Waals surface area contributed by atoms with Gasteiger partial charge in [-0.3, -0.25) is 4.79 Å². The summed E-state index contributed by atoms with van der Waals surface area (Å²) in [5.41, 5.74) is 2.57. The summed E-state index contributed by atoms with van der Waals surface area (Å²) in [7, 11) is 1.98. The number of fused-ring (bicyclic) bond motifs is 1. The highest BCUT2D eigenvalue weighted by molar-refractivity contribution is 5.97. The summed E-state index contributed by atoms with van der Waals surface area (Å²) in [5, 5.41) is 3.00. The van der Waals surface area contributed by atoms with Crippen LogP contribution in [0.25, 0.3) is 11.0 Å². The third-order valence-corrected chi connectivity index (χ3v) is 4.17. The van der Waals surface area contributed by atoms with E-state index in [4.69, 9.17) is 4.74 Å². The first-order valence-electron chi connectivity index (χ1n) is 7.44. The summed E-state index contributed by atoms with van der Waals surface area (Å²) < 4.78 is 7.45. The molecular formula is C16H21N3O2. The normalized spacial score (nSPS) is 18.9. The maximum atomic E-state index is 12.2. The number of imidazole rings is 1. The van der Waals surface area contributed by atoms with Gasteiger partial charge in [-0.15, -0.1) is 0 Å². The van der Waals surface area contributed by atoms with Gasteiger partial charge in [0.05, 0.1) is 17.6 Å². The first-order chi connectivity index (χ1) is 10.1. The van der Waals surface area contributed by atoms with Gasteiger partial charge < -0.3 is 14.6 Å². The molecule has 1 atom stereocenters. The zero-order chi connectivity index (χ0) is 14.8. The van der Waals surface area contributed by atoms with Gasteiger partial charge in [-0.25, -0.2) is 4.98 Å². The minimum Gasteiger partial charge on any atom is -0.381 e. The maximum absolute atomic E-state index is 12.2. The van der Waals surface area contributed by atoms with Crippen molar-refractivity contribution in [2.45, 2.75) is 19.8 Å². The Morgan fingerprint density at radius 3 is 3.14 bits per heavy atom. The second kappa shape index (κ2) is 5.85. The van der Waals surface area contributed by atoms with Crippen LogP contribution >= 0.6 is 0 Å². The molecule has 0 radical (unpaired) electrons. The molecule has 0 aliphatic carbocycles. The van der Waals surface area contributed by atoms with Crippen LogP contribution in [0.1, 0.15) is 29.0 Å². The Morgan fingerprint density at radius 1 is 1.52 bits per heavy atom. The second-order valence-electron chi connectivity index (χ2n) is 5.71. The molecule has 0 saturated carbocycles. The van der Waals surface area contributed by atoms with E-state index < -0.39 is 0 Å². The molecule has 5 nitrogen and oxygen atoms in total. The van der Waals surface area contributed by atoms with E-state index >= 15 is 0 Å². The quantitative estimate of drug-likeness (QED) is 0.940. The summed E-state index contributed by atoms with van der Waals surface area (Å²) in [6, 6.07) is 5.67. The van der Waals surface area contributed by atoms with E-state index in [-0.39, 0.29) is 5.91 Å².